The normalized spacial score (nSPS) is 12.2. The van der Waals surface area contributed by atoms with Crippen molar-refractivity contribution in [1.29, 1.82) is 0 Å². The van der Waals surface area contributed by atoms with Crippen LogP contribution < -0.4 is 15.6 Å². The van der Waals surface area contributed by atoms with E-state index in [9.17, 15) is 9.59 Å². The Hall–Kier alpha value is -2.82. The number of rotatable bonds is 5. The molecule has 0 aliphatic carbocycles. The molecule has 2 amide bonds. The quantitative estimate of drug-likeness (QED) is 0.786. The number of carbonyl (C=O) groups excluding carboxylic acids is 2. The second kappa shape index (κ2) is 8.71. The first-order valence-electron chi connectivity index (χ1n) is 9.14. The van der Waals surface area contributed by atoms with Crippen LogP contribution in [0.2, 0.25) is 0 Å². The van der Waals surface area contributed by atoms with Crippen LogP contribution in [0.15, 0.2) is 48.5 Å². The average molecular weight is 368 g/mol. The topological polar surface area (TPSA) is 67.4 Å². The van der Waals surface area contributed by atoms with Crippen LogP contribution in [-0.4, -0.2) is 17.9 Å². The number of hydrogen-bond acceptors (Lipinski definition) is 3. The SMILES string of the molecule is CCC(Oc1cccc(C)c1)C(=O)NNC(=O)c1ccc(C(C)(C)C)cc1. The first-order valence-corrected chi connectivity index (χ1v) is 9.14. The molecule has 2 rings (SSSR count). The molecule has 5 nitrogen and oxygen atoms in total. The van der Waals surface area contributed by atoms with Crippen molar-refractivity contribution < 1.29 is 14.3 Å². The van der Waals surface area contributed by atoms with Crippen LogP contribution in [0.25, 0.3) is 0 Å². The molecule has 1 atom stereocenters. The number of ether oxygens (including phenoxy) is 1. The van der Waals surface area contributed by atoms with E-state index >= 15 is 0 Å². The Balaban J connectivity index is 1.93. The lowest BCUT2D eigenvalue weighted by atomic mass is 9.87. The third kappa shape index (κ3) is 5.84. The summed E-state index contributed by atoms with van der Waals surface area (Å²) < 4.78 is 5.73. The van der Waals surface area contributed by atoms with Gasteiger partial charge in [0.15, 0.2) is 6.10 Å². The van der Waals surface area contributed by atoms with Crippen molar-refractivity contribution in [1.82, 2.24) is 10.9 Å². The minimum atomic E-state index is -0.685. The minimum Gasteiger partial charge on any atom is -0.481 e. The molecule has 144 valence electrons. The highest BCUT2D eigenvalue weighted by Crippen LogP contribution is 2.22. The number of carbonyl (C=O) groups is 2. The maximum atomic E-state index is 12.3. The first-order chi connectivity index (χ1) is 12.7. The van der Waals surface area contributed by atoms with E-state index in [0.717, 1.165) is 11.1 Å². The van der Waals surface area contributed by atoms with Gasteiger partial charge in [0.25, 0.3) is 11.8 Å². The second-order valence-electron chi connectivity index (χ2n) is 7.60. The monoisotopic (exact) mass is 368 g/mol. The Bertz CT molecular complexity index is 792. The van der Waals surface area contributed by atoms with Gasteiger partial charge in [-0.2, -0.15) is 0 Å². The molecule has 0 aromatic heterocycles. The lowest BCUT2D eigenvalue weighted by molar-refractivity contribution is -0.128. The predicted molar refractivity (Wildman–Crippen MR) is 107 cm³/mol. The summed E-state index contributed by atoms with van der Waals surface area (Å²) in [5.41, 5.74) is 7.59. The molecule has 0 heterocycles. The van der Waals surface area contributed by atoms with Crippen LogP contribution in [0.3, 0.4) is 0 Å². The Morgan fingerprint density at radius 3 is 2.26 bits per heavy atom. The molecule has 0 bridgehead atoms. The van der Waals surface area contributed by atoms with Gasteiger partial charge in [-0.05, 0) is 54.2 Å². The van der Waals surface area contributed by atoms with Gasteiger partial charge in [-0.3, -0.25) is 20.4 Å². The lowest BCUT2D eigenvalue weighted by Crippen LogP contribution is -2.48. The zero-order valence-electron chi connectivity index (χ0n) is 16.6. The minimum absolute atomic E-state index is 0.0186. The van der Waals surface area contributed by atoms with E-state index in [1.807, 2.05) is 44.2 Å². The largest absolute Gasteiger partial charge is 0.481 e. The van der Waals surface area contributed by atoms with Crippen LogP contribution in [-0.2, 0) is 10.2 Å². The van der Waals surface area contributed by atoms with Crippen molar-refractivity contribution in [2.75, 3.05) is 0 Å². The fourth-order valence-electron chi connectivity index (χ4n) is 2.57. The predicted octanol–water partition coefficient (Wildman–Crippen LogP) is 3.91. The number of benzene rings is 2. The van der Waals surface area contributed by atoms with E-state index in [-0.39, 0.29) is 11.3 Å². The van der Waals surface area contributed by atoms with Crippen molar-refractivity contribution >= 4 is 11.8 Å². The summed E-state index contributed by atoms with van der Waals surface area (Å²) in [7, 11) is 0. The molecular formula is C22H28N2O3. The standard InChI is InChI=1S/C22H28N2O3/c1-6-19(27-18-9-7-8-15(2)14-18)21(26)24-23-20(25)16-10-12-17(13-11-16)22(3,4)5/h7-14,19H,6H2,1-5H3,(H,23,25)(H,24,26). The fraction of sp³-hybridized carbons (Fsp3) is 0.364. The lowest BCUT2D eigenvalue weighted by Gasteiger charge is -2.19. The summed E-state index contributed by atoms with van der Waals surface area (Å²) in [5.74, 6) is -0.131. The summed E-state index contributed by atoms with van der Waals surface area (Å²) in [6.07, 6.45) is -0.203. The molecule has 0 saturated heterocycles. The third-order valence-corrected chi connectivity index (χ3v) is 4.24. The van der Waals surface area contributed by atoms with Gasteiger partial charge < -0.3 is 4.74 Å². The Kier molecular flexibility index (Phi) is 6.61. The molecule has 1 unspecified atom stereocenters. The van der Waals surface area contributed by atoms with Gasteiger partial charge in [-0.25, -0.2) is 0 Å². The van der Waals surface area contributed by atoms with Gasteiger partial charge in [0.05, 0.1) is 0 Å². The molecule has 0 spiro atoms. The van der Waals surface area contributed by atoms with Crippen LogP contribution >= 0.6 is 0 Å². The van der Waals surface area contributed by atoms with Gasteiger partial charge in [0, 0.05) is 5.56 Å². The van der Waals surface area contributed by atoms with E-state index in [1.165, 1.54) is 0 Å². The molecule has 2 N–H and O–H groups in total. The van der Waals surface area contributed by atoms with E-state index in [0.29, 0.717) is 17.7 Å². The molecule has 2 aromatic carbocycles. The Morgan fingerprint density at radius 1 is 1.04 bits per heavy atom. The highest BCUT2D eigenvalue weighted by Gasteiger charge is 2.20. The number of nitrogens with one attached hydrogen (secondary N) is 2. The highest BCUT2D eigenvalue weighted by molar-refractivity contribution is 5.95. The average Bonchev–Trinajstić information content (AvgIpc) is 2.63. The van der Waals surface area contributed by atoms with E-state index < -0.39 is 12.0 Å². The highest BCUT2D eigenvalue weighted by atomic mass is 16.5. The summed E-state index contributed by atoms with van der Waals surface area (Å²) in [6.45, 7) is 10.1. The second-order valence-corrected chi connectivity index (χ2v) is 7.60. The van der Waals surface area contributed by atoms with Crippen molar-refractivity contribution in [2.45, 2.75) is 52.6 Å². The van der Waals surface area contributed by atoms with Gasteiger partial charge in [-0.15, -0.1) is 0 Å². The van der Waals surface area contributed by atoms with E-state index in [2.05, 4.69) is 31.6 Å². The molecule has 0 saturated carbocycles. The molecule has 0 aliphatic rings. The number of hydrazine groups is 1. The number of hydrogen-bond donors (Lipinski definition) is 2. The molecule has 0 aliphatic heterocycles. The molecule has 27 heavy (non-hydrogen) atoms. The molecule has 5 heteroatoms. The molecule has 0 radical (unpaired) electrons. The van der Waals surface area contributed by atoms with Gasteiger partial charge in [0.2, 0.25) is 0 Å². The number of aryl methyl sites for hydroxylation is 1. The van der Waals surface area contributed by atoms with E-state index in [4.69, 9.17) is 4.74 Å². The zero-order valence-corrected chi connectivity index (χ0v) is 16.6. The van der Waals surface area contributed by atoms with E-state index in [1.54, 1.807) is 18.2 Å². The maximum absolute atomic E-state index is 12.3. The van der Waals surface area contributed by atoms with Gasteiger partial charge >= 0.3 is 0 Å². The first kappa shape index (κ1) is 20.5. The summed E-state index contributed by atoms with van der Waals surface area (Å²) in [4.78, 5) is 24.6. The maximum Gasteiger partial charge on any atom is 0.279 e. The van der Waals surface area contributed by atoms with Crippen molar-refractivity contribution in [2.24, 2.45) is 0 Å². The van der Waals surface area contributed by atoms with Gasteiger partial charge in [-0.1, -0.05) is 52.0 Å². The van der Waals surface area contributed by atoms with Crippen LogP contribution in [0.4, 0.5) is 0 Å². The Labute approximate surface area is 161 Å². The van der Waals surface area contributed by atoms with Gasteiger partial charge in [0.1, 0.15) is 5.75 Å². The fourth-order valence-corrected chi connectivity index (χ4v) is 2.57. The summed E-state index contributed by atoms with van der Waals surface area (Å²) in [6, 6.07) is 14.9. The summed E-state index contributed by atoms with van der Waals surface area (Å²) in [5, 5.41) is 0. The smallest absolute Gasteiger partial charge is 0.279 e. The van der Waals surface area contributed by atoms with Crippen molar-refractivity contribution in [3.63, 3.8) is 0 Å². The third-order valence-electron chi connectivity index (χ3n) is 4.24. The summed E-state index contributed by atoms with van der Waals surface area (Å²) >= 11 is 0. The van der Waals surface area contributed by atoms with Crippen LogP contribution in [0.1, 0.15) is 55.6 Å². The zero-order chi connectivity index (χ0) is 20.0. The Morgan fingerprint density at radius 2 is 1.70 bits per heavy atom. The molecule has 2 aromatic rings. The van der Waals surface area contributed by atoms with Crippen molar-refractivity contribution in [3.05, 3.63) is 65.2 Å². The van der Waals surface area contributed by atoms with Crippen molar-refractivity contribution in [3.8, 4) is 5.75 Å². The van der Waals surface area contributed by atoms with Crippen LogP contribution in [0.5, 0.6) is 5.75 Å². The molecule has 0 fully saturated rings. The molecular weight excluding hydrogens is 340 g/mol. The van der Waals surface area contributed by atoms with Crippen LogP contribution in [0, 0.1) is 6.92 Å². The number of amides is 2.